The van der Waals surface area contributed by atoms with Crippen LogP contribution in [0.15, 0.2) is 18.2 Å². The molecule has 2 unspecified atom stereocenters. The fraction of sp³-hybridized carbons (Fsp3) is 0.692. The van der Waals surface area contributed by atoms with Crippen molar-refractivity contribution in [2.75, 3.05) is 44.7 Å². The molecule has 194 valence electrons. The molecule has 2 heterocycles. The van der Waals surface area contributed by atoms with E-state index in [2.05, 4.69) is 4.90 Å². The summed E-state index contributed by atoms with van der Waals surface area (Å²) in [6, 6.07) is 4.44. The molecule has 3 fully saturated rings. The molecular formula is C26H36F3N3O3. The SMILES string of the molecule is CN(CCCC(=O)O)c1cc(C(F)(F)F)ccc1C1CCN(C(=O)C2CCN(C3CCCC3)C2)C1. The molecule has 3 aliphatic rings. The minimum atomic E-state index is -4.46. The first-order chi connectivity index (χ1) is 16.6. The summed E-state index contributed by atoms with van der Waals surface area (Å²) in [5, 5.41) is 8.92. The highest BCUT2D eigenvalue weighted by Gasteiger charge is 2.38. The normalized spacial score (nSPS) is 23.8. The lowest BCUT2D eigenvalue weighted by molar-refractivity contribution is -0.138. The number of benzene rings is 1. The van der Waals surface area contributed by atoms with Crippen molar-refractivity contribution in [1.82, 2.24) is 9.80 Å². The van der Waals surface area contributed by atoms with Crippen LogP contribution in [0.5, 0.6) is 0 Å². The number of amides is 1. The number of carbonyl (C=O) groups excluding carboxylic acids is 1. The lowest BCUT2D eigenvalue weighted by Crippen LogP contribution is -2.37. The second-order valence-electron chi connectivity index (χ2n) is 10.4. The Morgan fingerprint density at radius 3 is 2.51 bits per heavy atom. The van der Waals surface area contributed by atoms with Crippen LogP contribution < -0.4 is 4.90 Å². The molecular weight excluding hydrogens is 459 g/mol. The van der Waals surface area contributed by atoms with Crippen molar-refractivity contribution in [1.29, 1.82) is 0 Å². The van der Waals surface area contributed by atoms with Crippen molar-refractivity contribution in [3.05, 3.63) is 29.3 Å². The van der Waals surface area contributed by atoms with Crippen LogP contribution in [0.3, 0.4) is 0 Å². The van der Waals surface area contributed by atoms with E-state index in [4.69, 9.17) is 5.11 Å². The van der Waals surface area contributed by atoms with Crippen molar-refractivity contribution in [3.8, 4) is 0 Å². The van der Waals surface area contributed by atoms with E-state index in [1.54, 1.807) is 18.0 Å². The van der Waals surface area contributed by atoms with Gasteiger partial charge in [-0.05, 0) is 56.3 Å². The number of anilines is 1. The van der Waals surface area contributed by atoms with Gasteiger partial charge in [0.15, 0.2) is 0 Å². The first-order valence-electron chi connectivity index (χ1n) is 12.8. The molecule has 1 saturated carbocycles. The number of aliphatic carboxylic acids is 1. The molecule has 2 atom stereocenters. The molecule has 9 heteroatoms. The molecule has 2 aliphatic heterocycles. The Balaban J connectivity index is 1.44. The molecule has 1 N–H and O–H groups in total. The van der Waals surface area contributed by atoms with E-state index in [1.165, 1.54) is 25.7 Å². The first kappa shape index (κ1) is 25.8. The van der Waals surface area contributed by atoms with Gasteiger partial charge in [-0.3, -0.25) is 14.5 Å². The van der Waals surface area contributed by atoms with E-state index in [1.807, 2.05) is 4.90 Å². The molecule has 1 amide bonds. The van der Waals surface area contributed by atoms with Crippen molar-refractivity contribution in [2.24, 2.45) is 5.92 Å². The molecule has 1 aliphatic carbocycles. The summed E-state index contributed by atoms with van der Waals surface area (Å²) in [7, 11) is 1.70. The molecule has 1 aromatic carbocycles. The zero-order valence-electron chi connectivity index (χ0n) is 20.4. The van der Waals surface area contributed by atoms with Crippen LogP contribution in [0.25, 0.3) is 0 Å². The largest absolute Gasteiger partial charge is 0.481 e. The van der Waals surface area contributed by atoms with E-state index in [0.29, 0.717) is 44.2 Å². The summed E-state index contributed by atoms with van der Waals surface area (Å²) in [5.74, 6) is -0.770. The topological polar surface area (TPSA) is 64.1 Å². The number of rotatable bonds is 8. The Hall–Kier alpha value is -2.29. The van der Waals surface area contributed by atoms with Crippen LogP contribution in [-0.4, -0.2) is 72.6 Å². The van der Waals surface area contributed by atoms with Crippen LogP contribution >= 0.6 is 0 Å². The predicted octanol–water partition coefficient (Wildman–Crippen LogP) is 4.59. The number of nitrogens with zero attached hydrogens (tertiary/aromatic N) is 3. The Labute approximate surface area is 205 Å². The maximum absolute atomic E-state index is 13.4. The highest BCUT2D eigenvalue weighted by molar-refractivity contribution is 5.80. The molecule has 4 rings (SSSR count). The average molecular weight is 496 g/mol. The van der Waals surface area contributed by atoms with E-state index >= 15 is 0 Å². The second kappa shape index (κ2) is 10.8. The number of carboxylic acids is 1. The first-order valence-corrected chi connectivity index (χ1v) is 12.8. The lowest BCUT2D eigenvalue weighted by atomic mass is 9.94. The van der Waals surface area contributed by atoms with Crippen molar-refractivity contribution in [3.63, 3.8) is 0 Å². The zero-order valence-corrected chi connectivity index (χ0v) is 20.4. The van der Waals surface area contributed by atoms with Gasteiger partial charge >= 0.3 is 12.1 Å². The number of alkyl halides is 3. The zero-order chi connectivity index (χ0) is 25.2. The third kappa shape index (κ3) is 6.11. The van der Waals surface area contributed by atoms with Gasteiger partial charge in [0.2, 0.25) is 5.91 Å². The summed E-state index contributed by atoms with van der Waals surface area (Å²) in [6.45, 7) is 3.27. The third-order valence-corrected chi connectivity index (χ3v) is 8.00. The number of halogens is 3. The quantitative estimate of drug-likeness (QED) is 0.572. The highest BCUT2D eigenvalue weighted by Crippen LogP contribution is 2.39. The monoisotopic (exact) mass is 495 g/mol. The maximum Gasteiger partial charge on any atom is 0.416 e. The molecule has 6 nitrogen and oxygen atoms in total. The van der Waals surface area contributed by atoms with Gasteiger partial charge in [-0.25, -0.2) is 0 Å². The maximum atomic E-state index is 13.4. The summed E-state index contributed by atoms with van der Waals surface area (Å²) in [5.41, 5.74) is 0.549. The Morgan fingerprint density at radius 1 is 1.09 bits per heavy atom. The highest BCUT2D eigenvalue weighted by atomic mass is 19.4. The molecule has 2 saturated heterocycles. The summed E-state index contributed by atoms with van der Waals surface area (Å²) in [4.78, 5) is 30.2. The Kier molecular flexibility index (Phi) is 7.93. The Morgan fingerprint density at radius 2 is 1.83 bits per heavy atom. The van der Waals surface area contributed by atoms with Crippen LogP contribution in [0.1, 0.15) is 68.4 Å². The number of likely N-dealkylation sites (tertiary alicyclic amines) is 2. The minimum absolute atomic E-state index is 0.0140. The van der Waals surface area contributed by atoms with Gasteiger partial charge in [-0.2, -0.15) is 13.2 Å². The summed E-state index contributed by atoms with van der Waals surface area (Å²) >= 11 is 0. The number of carbonyl (C=O) groups is 2. The number of carboxylic acid groups (broad SMARTS) is 1. The molecule has 0 bridgehead atoms. The summed E-state index contributed by atoms with van der Waals surface area (Å²) in [6.07, 6.45) is 2.44. The second-order valence-corrected chi connectivity index (χ2v) is 10.4. The van der Waals surface area contributed by atoms with Gasteiger partial charge < -0.3 is 14.9 Å². The molecule has 0 aromatic heterocycles. The average Bonchev–Trinajstić information content (AvgIpc) is 3.58. The van der Waals surface area contributed by atoms with Crippen molar-refractivity contribution >= 4 is 17.6 Å². The summed E-state index contributed by atoms with van der Waals surface area (Å²) < 4.78 is 40.3. The lowest BCUT2D eigenvalue weighted by Gasteiger charge is -2.27. The van der Waals surface area contributed by atoms with Gasteiger partial charge in [-0.1, -0.05) is 18.9 Å². The number of hydrogen-bond donors (Lipinski definition) is 1. The van der Waals surface area contributed by atoms with Crippen LogP contribution in [-0.2, 0) is 15.8 Å². The van der Waals surface area contributed by atoms with Gasteiger partial charge in [-0.15, -0.1) is 0 Å². The molecule has 0 radical (unpaired) electrons. The van der Waals surface area contributed by atoms with Crippen molar-refractivity contribution in [2.45, 2.75) is 69.5 Å². The fourth-order valence-corrected chi connectivity index (χ4v) is 6.05. The van der Waals surface area contributed by atoms with Gasteiger partial charge in [0, 0.05) is 57.3 Å². The number of hydrogen-bond acceptors (Lipinski definition) is 4. The van der Waals surface area contributed by atoms with Gasteiger partial charge in [0.05, 0.1) is 11.5 Å². The van der Waals surface area contributed by atoms with Crippen molar-refractivity contribution < 1.29 is 27.9 Å². The third-order valence-electron chi connectivity index (χ3n) is 8.00. The standard InChI is InChI=1S/C26H36F3N3O3/c1-30(12-4-7-24(33)34)23-15-20(26(27,28)29)8-9-22(23)18-10-14-32(16-18)25(35)19-11-13-31(17-19)21-5-2-3-6-21/h8-9,15,18-19,21H,2-7,10-14,16-17H2,1H3,(H,33,34). The predicted molar refractivity (Wildman–Crippen MR) is 127 cm³/mol. The van der Waals surface area contributed by atoms with Crippen LogP contribution in [0, 0.1) is 5.92 Å². The van der Waals surface area contributed by atoms with Crippen LogP contribution in [0.4, 0.5) is 18.9 Å². The van der Waals surface area contributed by atoms with Gasteiger partial charge in [0.1, 0.15) is 0 Å². The molecule has 35 heavy (non-hydrogen) atoms. The smallest absolute Gasteiger partial charge is 0.416 e. The minimum Gasteiger partial charge on any atom is -0.481 e. The van der Waals surface area contributed by atoms with E-state index in [0.717, 1.165) is 37.2 Å². The van der Waals surface area contributed by atoms with Crippen LogP contribution in [0.2, 0.25) is 0 Å². The fourth-order valence-electron chi connectivity index (χ4n) is 6.05. The van der Waals surface area contributed by atoms with E-state index < -0.39 is 17.7 Å². The Bertz CT molecular complexity index is 917. The molecule has 1 aromatic rings. The van der Waals surface area contributed by atoms with E-state index in [9.17, 15) is 22.8 Å². The van der Waals surface area contributed by atoms with E-state index in [-0.39, 0.29) is 24.2 Å². The molecule has 0 spiro atoms. The van der Waals surface area contributed by atoms with Gasteiger partial charge in [0.25, 0.3) is 0 Å².